The van der Waals surface area contributed by atoms with E-state index < -0.39 is 0 Å². The van der Waals surface area contributed by atoms with Crippen LogP contribution in [0.3, 0.4) is 0 Å². The molecule has 0 saturated carbocycles. The van der Waals surface area contributed by atoms with Crippen LogP contribution in [0.15, 0.2) is 18.2 Å². The first-order chi connectivity index (χ1) is 7.04. The van der Waals surface area contributed by atoms with Crippen molar-refractivity contribution in [1.82, 2.24) is 0 Å². The zero-order valence-electron chi connectivity index (χ0n) is 9.74. The van der Waals surface area contributed by atoms with Crippen molar-refractivity contribution in [3.63, 3.8) is 0 Å². The average molecular weight is 203 g/mol. The van der Waals surface area contributed by atoms with Gasteiger partial charge in [-0.25, -0.2) is 0 Å². The summed E-state index contributed by atoms with van der Waals surface area (Å²) in [5.41, 5.74) is 1.80. The molecule has 0 amide bonds. The van der Waals surface area contributed by atoms with Crippen molar-refractivity contribution in [2.45, 2.75) is 39.7 Å². The van der Waals surface area contributed by atoms with Gasteiger partial charge in [-0.1, -0.05) is 19.9 Å². The van der Waals surface area contributed by atoms with Gasteiger partial charge in [-0.2, -0.15) is 5.26 Å². The molecule has 1 rings (SSSR count). The largest absolute Gasteiger partial charge is 0.490 e. The molecule has 80 valence electrons. The summed E-state index contributed by atoms with van der Waals surface area (Å²) in [5.74, 6) is 1.14. The minimum atomic E-state index is 0.0968. The number of ether oxygens (including phenoxy) is 1. The molecule has 0 radical (unpaired) electrons. The van der Waals surface area contributed by atoms with Crippen LogP contribution in [0.25, 0.3) is 0 Å². The molecule has 0 unspecified atom stereocenters. The van der Waals surface area contributed by atoms with Gasteiger partial charge in [0.2, 0.25) is 0 Å². The smallest absolute Gasteiger partial charge is 0.137 e. The van der Waals surface area contributed by atoms with E-state index >= 15 is 0 Å². The Morgan fingerprint density at radius 1 is 1.20 bits per heavy atom. The second-order valence-electron chi connectivity index (χ2n) is 4.19. The second-order valence-corrected chi connectivity index (χ2v) is 4.19. The minimum absolute atomic E-state index is 0.0968. The molecule has 0 aliphatic heterocycles. The fraction of sp³-hybridized carbons (Fsp3) is 0.462. The Morgan fingerprint density at radius 2 is 1.87 bits per heavy atom. The summed E-state index contributed by atoms with van der Waals surface area (Å²) in [5, 5.41) is 8.93. The van der Waals surface area contributed by atoms with Crippen LogP contribution in [0.4, 0.5) is 0 Å². The molecule has 15 heavy (non-hydrogen) atoms. The lowest BCUT2D eigenvalue weighted by Crippen LogP contribution is -2.07. The maximum atomic E-state index is 8.93. The van der Waals surface area contributed by atoms with Gasteiger partial charge in [0.25, 0.3) is 0 Å². The summed E-state index contributed by atoms with van der Waals surface area (Å²) in [6.07, 6.45) is 0.0968. The second kappa shape index (κ2) is 4.84. The van der Waals surface area contributed by atoms with Crippen molar-refractivity contribution in [3.8, 4) is 11.8 Å². The van der Waals surface area contributed by atoms with Gasteiger partial charge >= 0.3 is 0 Å². The predicted octanol–water partition coefficient (Wildman–Crippen LogP) is 3.47. The van der Waals surface area contributed by atoms with Crippen LogP contribution in [0.5, 0.6) is 5.75 Å². The molecular weight excluding hydrogens is 186 g/mol. The van der Waals surface area contributed by atoms with Gasteiger partial charge in [-0.3, -0.25) is 0 Å². The Morgan fingerprint density at radius 3 is 2.33 bits per heavy atom. The van der Waals surface area contributed by atoms with Crippen LogP contribution in [0.1, 0.15) is 44.7 Å². The minimum Gasteiger partial charge on any atom is -0.490 e. The van der Waals surface area contributed by atoms with Crippen molar-refractivity contribution in [1.29, 1.82) is 5.26 Å². The fourth-order valence-corrected chi connectivity index (χ4v) is 1.34. The van der Waals surface area contributed by atoms with E-state index in [0.29, 0.717) is 17.2 Å². The Hall–Kier alpha value is -1.49. The number of benzene rings is 1. The van der Waals surface area contributed by atoms with E-state index in [9.17, 15) is 0 Å². The van der Waals surface area contributed by atoms with Crippen molar-refractivity contribution >= 4 is 0 Å². The van der Waals surface area contributed by atoms with Crippen LogP contribution in [-0.2, 0) is 0 Å². The van der Waals surface area contributed by atoms with E-state index in [1.165, 1.54) is 5.56 Å². The standard InChI is InChI=1S/C13H17NO/c1-9(2)11-5-6-12(8-14)13(7-11)15-10(3)4/h5-7,9-10H,1-4H3. The average Bonchev–Trinajstić information content (AvgIpc) is 2.16. The molecule has 1 aromatic rings. The molecule has 2 heteroatoms. The third-order valence-corrected chi connectivity index (χ3v) is 2.16. The number of hydrogen-bond acceptors (Lipinski definition) is 2. The fourth-order valence-electron chi connectivity index (χ4n) is 1.34. The van der Waals surface area contributed by atoms with E-state index in [2.05, 4.69) is 19.9 Å². The molecule has 2 nitrogen and oxygen atoms in total. The van der Waals surface area contributed by atoms with E-state index in [1.807, 2.05) is 32.0 Å². The first kappa shape index (κ1) is 11.6. The van der Waals surface area contributed by atoms with Gasteiger partial charge in [0.05, 0.1) is 11.7 Å². The van der Waals surface area contributed by atoms with Crippen molar-refractivity contribution in [2.24, 2.45) is 0 Å². The van der Waals surface area contributed by atoms with Gasteiger partial charge in [-0.15, -0.1) is 0 Å². The third kappa shape index (κ3) is 2.99. The van der Waals surface area contributed by atoms with Crippen molar-refractivity contribution < 1.29 is 4.74 Å². The molecule has 0 aliphatic carbocycles. The summed E-state index contributed by atoms with van der Waals surface area (Å²) in [6.45, 7) is 8.17. The molecule has 0 atom stereocenters. The molecule has 0 N–H and O–H groups in total. The summed E-state index contributed by atoms with van der Waals surface area (Å²) in [7, 11) is 0. The molecule has 0 spiro atoms. The van der Waals surface area contributed by atoms with Crippen molar-refractivity contribution in [2.75, 3.05) is 0 Å². The Labute approximate surface area is 91.5 Å². The van der Waals surface area contributed by atoms with Gasteiger partial charge in [0.15, 0.2) is 0 Å². The highest BCUT2D eigenvalue weighted by Crippen LogP contribution is 2.25. The lowest BCUT2D eigenvalue weighted by molar-refractivity contribution is 0.241. The van der Waals surface area contributed by atoms with Gasteiger partial charge < -0.3 is 4.74 Å². The zero-order valence-corrected chi connectivity index (χ0v) is 9.74. The highest BCUT2D eigenvalue weighted by atomic mass is 16.5. The summed E-state index contributed by atoms with van der Waals surface area (Å²) >= 11 is 0. The van der Waals surface area contributed by atoms with Gasteiger partial charge in [-0.05, 0) is 37.5 Å². The normalized spacial score (nSPS) is 10.5. The summed E-state index contributed by atoms with van der Waals surface area (Å²) in [6, 6.07) is 7.91. The first-order valence-electron chi connectivity index (χ1n) is 5.25. The van der Waals surface area contributed by atoms with Crippen molar-refractivity contribution in [3.05, 3.63) is 29.3 Å². The van der Waals surface area contributed by atoms with Crippen LogP contribution in [-0.4, -0.2) is 6.10 Å². The SMILES string of the molecule is CC(C)Oc1cc(C(C)C)ccc1C#N. The lowest BCUT2D eigenvalue weighted by atomic mass is 10.0. The highest BCUT2D eigenvalue weighted by molar-refractivity contribution is 5.46. The number of hydrogen-bond donors (Lipinski definition) is 0. The van der Waals surface area contributed by atoms with E-state index in [-0.39, 0.29) is 6.10 Å². The molecule has 0 aromatic heterocycles. The van der Waals surface area contributed by atoms with Crippen LogP contribution < -0.4 is 4.74 Å². The Kier molecular flexibility index (Phi) is 3.74. The summed E-state index contributed by atoms with van der Waals surface area (Å²) < 4.78 is 5.60. The highest BCUT2D eigenvalue weighted by Gasteiger charge is 2.08. The van der Waals surface area contributed by atoms with E-state index in [0.717, 1.165) is 0 Å². The van der Waals surface area contributed by atoms with Crippen LogP contribution in [0.2, 0.25) is 0 Å². The number of nitriles is 1. The van der Waals surface area contributed by atoms with Crippen LogP contribution >= 0.6 is 0 Å². The topological polar surface area (TPSA) is 33.0 Å². The van der Waals surface area contributed by atoms with Crippen LogP contribution in [0, 0.1) is 11.3 Å². The molecule has 0 aliphatic rings. The van der Waals surface area contributed by atoms with E-state index in [1.54, 1.807) is 0 Å². The van der Waals surface area contributed by atoms with E-state index in [4.69, 9.17) is 10.00 Å². The quantitative estimate of drug-likeness (QED) is 0.753. The molecular formula is C13H17NO. The molecule has 0 heterocycles. The zero-order chi connectivity index (χ0) is 11.4. The molecule has 0 bridgehead atoms. The summed E-state index contributed by atoms with van der Waals surface area (Å²) in [4.78, 5) is 0. The molecule has 0 fully saturated rings. The Balaban J connectivity index is 3.09. The first-order valence-corrected chi connectivity index (χ1v) is 5.25. The molecule has 1 aromatic carbocycles. The third-order valence-electron chi connectivity index (χ3n) is 2.16. The van der Waals surface area contributed by atoms with Gasteiger partial charge in [0, 0.05) is 0 Å². The predicted molar refractivity (Wildman–Crippen MR) is 61.0 cm³/mol. The molecule has 0 saturated heterocycles. The Bertz CT molecular complexity index is 375. The maximum Gasteiger partial charge on any atom is 0.137 e. The maximum absolute atomic E-state index is 8.93. The monoisotopic (exact) mass is 203 g/mol. The van der Waals surface area contributed by atoms with Gasteiger partial charge in [0.1, 0.15) is 11.8 Å². The lowest BCUT2D eigenvalue weighted by Gasteiger charge is -2.13. The number of rotatable bonds is 3. The number of nitrogens with zero attached hydrogens (tertiary/aromatic N) is 1.